The Morgan fingerprint density at radius 2 is 2.39 bits per heavy atom. The molecule has 0 fully saturated rings. The number of ether oxygens (including phenoxy) is 1. The predicted molar refractivity (Wildman–Crippen MR) is 63.2 cm³/mol. The molecule has 0 bridgehead atoms. The Morgan fingerprint density at radius 3 is 3.11 bits per heavy atom. The van der Waals surface area contributed by atoms with Gasteiger partial charge in [0.25, 0.3) is 11.7 Å². The van der Waals surface area contributed by atoms with Crippen molar-refractivity contribution in [2.45, 2.75) is 6.92 Å². The third-order valence-electron chi connectivity index (χ3n) is 2.19. The number of aryl methyl sites for hydroxylation is 1. The maximum absolute atomic E-state index is 11.4. The average molecular weight is 247 g/mol. The number of hydrogen-bond acceptors (Lipinski definition) is 5. The number of carbonyl (C=O) groups excluding carboxylic acids is 1. The number of rotatable bonds is 5. The number of benzene rings is 1. The van der Waals surface area contributed by atoms with Gasteiger partial charge < -0.3 is 10.1 Å². The molecule has 0 aliphatic heterocycles. The number of tetrazole rings is 1. The van der Waals surface area contributed by atoms with Crippen LogP contribution in [0.2, 0.25) is 0 Å². The molecule has 0 unspecified atom stereocenters. The number of amides is 1. The minimum absolute atomic E-state index is 0.0190. The zero-order valence-corrected chi connectivity index (χ0v) is 9.88. The lowest BCUT2D eigenvalue weighted by molar-refractivity contribution is 0.0936. The topological polar surface area (TPSA) is 92.8 Å². The maximum atomic E-state index is 11.4. The van der Waals surface area contributed by atoms with E-state index in [1.807, 2.05) is 31.2 Å². The fraction of sp³-hybridized carbons (Fsp3) is 0.273. The Hall–Kier alpha value is -2.44. The molecule has 0 atom stereocenters. The van der Waals surface area contributed by atoms with Crippen molar-refractivity contribution in [2.75, 3.05) is 13.2 Å². The highest BCUT2D eigenvalue weighted by Crippen LogP contribution is 2.11. The van der Waals surface area contributed by atoms with Gasteiger partial charge in [-0.05, 0) is 29.8 Å². The van der Waals surface area contributed by atoms with E-state index < -0.39 is 0 Å². The molecule has 2 N–H and O–H groups in total. The molecule has 0 aliphatic rings. The lowest BCUT2D eigenvalue weighted by Gasteiger charge is -2.07. The summed E-state index contributed by atoms with van der Waals surface area (Å²) >= 11 is 0. The Kier molecular flexibility index (Phi) is 3.85. The molecule has 1 aromatic carbocycles. The molecule has 1 aromatic heterocycles. The van der Waals surface area contributed by atoms with Gasteiger partial charge in [0.1, 0.15) is 12.4 Å². The van der Waals surface area contributed by atoms with Gasteiger partial charge in [0.05, 0.1) is 6.54 Å². The van der Waals surface area contributed by atoms with Crippen molar-refractivity contribution in [2.24, 2.45) is 0 Å². The van der Waals surface area contributed by atoms with Crippen LogP contribution in [0.3, 0.4) is 0 Å². The van der Waals surface area contributed by atoms with Gasteiger partial charge in [0, 0.05) is 0 Å². The molecule has 7 nitrogen and oxygen atoms in total. The zero-order chi connectivity index (χ0) is 12.8. The van der Waals surface area contributed by atoms with E-state index in [0.717, 1.165) is 11.3 Å². The van der Waals surface area contributed by atoms with Gasteiger partial charge in [0.15, 0.2) is 0 Å². The van der Waals surface area contributed by atoms with E-state index >= 15 is 0 Å². The van der Waals surface area contributed by atoms with Crippen molar-refractivity contribution in [3.63, 3.8) is 0 Å². The highest BCUT2D eigenvalue weighted by molar-refractivity contribution is 5.89. The first-order valence-electron chi connectivity index (χ1n) is 5.47. The monoisotopic (exact) mass is 247 g/mol. The van der Waals surface area contributed by atoms with Crippen LogP contribution >= 0.6 is 0 Å². The van der Waals surface area contributed by atoms with E-state index in [0.29, 0.717) is 13.2 Å². The van der Waals surface area contributed by atoms with Crippen LogP contribution in [0.25, 0.3) is 0 Å². The molecule has 2 rings (SSSR count). The van der Waals surface area contributed by atoms with E-state index in [1.165, 1.54) is 0 Å². The summed E-state index contributed by atoms with van der Waals surface area (Å²) in [5, 5.41) is 15.3. The second-order valence-electron chi connectivity index (χ2n) is 3.66. The third-order valence-corrected chi connectivity index (χ3v) is 2.19. The molecule has 94 valence electrons. The van der Waals surface area contributed by atoms with E-state index in [-0.39, 0.29) is 11.7 Å². The van der Waals surface area contributed by atoms with E-state index in [2.05, 4.69) is 25.9 Å². The first-order valence-corrected chi connectivity index (χ1v) is 5.47. The second kappa shape index (κ2) is 5.76. The number of aromatic nitrogens is 4. The normalized spacial score (nSPS) is 10.1. The Bertz CT molecular complexity index is 512. The number of nitrogens with zero attached hydrogens (tertiary/aromatic N) is 3. The van der Waals surface area contributed by atoms with Crippen LogP contribution in [0.15, 0.2) is 24.3 Å². The van der Waals surface area contributed by atoms with Gasteiger partial charge >= 0.3 is 0 Å². The van der Waals surface area contributed by atoms with Crippen LogP contribution in [0, 0.1) is 6.92 Å². The van der Waals surface area contributed by atoms with Crippen LogP contribution in [-0.2, 0) is 0 Å². The summed E-state index contributed by atoms with van der Waals surface area (Å²) in [4.78, 5) is 11.4. The lowest BCUT2D eigenvalue weighted by Crippen LogP contribution is -2.29. The molecule has 18 heavy (non-hydrogen) atoms. The van der Waals surface area contributed by atoms with Crippen LogP contribution in [0.1, 0.15) is 16.2 Å². The SMILES string of the molecule is Cc1cccc(OCCNC(=O)c2nn[nH]n2)c1. The van der Waals surface area contributed by atoms with Crippen molar-refractivity contribution in [3.05, 3.63) is 35.7 Å². The summed E-state index contributed by atoms with van der Waals surface area (Å²) in [6.07, 6.45) is 0. The Morgan fingerprint density at radius 1 is 1.50 bits per heavy atom. The zero-order valence-electron chi connectivity index (χ0n) is 9.88. The molecule has 0 radical (unpaired) electrons. The van der Waals surface area contributed by atoms with Crippen LogP contribution in [0.4, 0.5) is 0 Å². The van der Waals surface area contributed by atoms with Gasteiger partial charge in [-0.25, -0.2) is 0 Å². The fourth-order valence-corrected chi connectivity index (χ4v) is 1.38. The maximum Gasteiger partial charge on any atom is 0.293 e. The van der Waals surface area contributed by atoms with Gasteiger partial charge in [-0.1, -0.05) is 12.1 Å². The number of nitrogens with one attached hydrogen (secondary N) is 2. The van der Waals surface area contributed by atoms with Gasteiger partial charge in [-0.3, -0.25) is 4.79 Å². The first-order chi connectivity index (χ1) is 8.75. The van der Waals surface area contributed by atoms with Crippen molar-refractivity contribution in [3.8, 4) is 5.75 Å². The summed E-state index contributed by atoms with van der Waals surface area (Å²) in [7, 11) is 0. The number of hydrogen-bond donors (Lipinski definition) is 2. The lowest BCUT2D eigenvalue weighted by atomic mass is 10.2. The molecule has 2 aromatic rings. The highest BCUT2D eigenvalue weighted by atomic mass is 16.5. The molecule has 1 amide bonds. The molecule has 7 heteroatoms. The molecular formula is C11H13N5O2. The van der Waals surface area contributed by atoms with Crippen molar-refractivity contribution < 1.29 is 9.53 Å². The van der Waals surface area contributed by atoms with Gasteiger partial charge in [-0.2, -0.15) is 5.21 Å². The highest BCUT2D eigenvalue weighted by Gasteiger charge is 2.08. The third kappa shape index (κ3) is 3.27. The standard InChI is InChI=1S/C11H13N5O2/c1-8-3-2-4-9(7-8)18-6-5-12-11(17)10-13-15-16-14-10/h2-4,7H,5-6H2,1H3,(H,12,17)(H,13,14,15,16). The molecule has 0 aliphatic carbocycles. The largest absolute Gasteiger partial charge is 0.492 e. The van der Waals surface area contributed by atoms with E-state index in [4.69, 9.17) is 4.74 Å². The van der Waals surface area contributed by atoms with Crippen LogP contribution in [-0.4, -0.2) is 39.7 Å². The number of aromatic amines is 1. The molecule has 1 heterocycles. The first kappa shape index (κ1) is 12.0. The Labute approximate surface area is 104 Å². The fourth-order valence-electron chi connectivity index (χ4n) is 1.38. The van der Waals surface area contributed by atoms with Gasteiger partial charge in [0.2, 0.25) is 0 Å². The minimum atomic E-state index is -0.378. The Balaban J connectivity index is 1.72. The molecule has 0 saturated carbocycles. The van der Waals surface area contributed by atoms with Crippen LogP contribution in [0.5, 0.6) is 5.75 Å². The summed E-state index contributed by atoms with van der Waals surface area (Å²) in [5.74, 6) is 0.422. The number of H-pyrrole nitrogens is 1. The van der Waals surface area contributed by atoms with Crippen LogP contribution < -0.4 is 10.1 Å². The second-order valence-corrected chi connectivity index (χ2v) is 3.66. The smallest absolute Gasteiger partial charge is 0.293 e. The summed E-state index contributed by atoms with van der Waals surface area (Å²) in [6.45, 7) is 2.75. The van der Waals surface area contributed by atoms with Crippen molar-refractivity contribution >= 4 is 5.91 Å². The summed E-state index contributed by atoms with van der Waals surface area (Å²) in [6, 6.07) is 7.71. The van der Waals surface area contributed by atoms with Crippen molar-refractivity contribution in [1.82, 2.24) is 25.9 Å². The van der Waals surface area contributed by atoms with E-state index in [1.54, 1.807) is 0 Å². The van der Waals surface area contributed by atoms with Crippen molar-refractivity contribution in [1.29, 1.82) is 0 Å². The number of carbonyl (C=O) groups is 1. The predicted octanol–water partition coefficient (Wildman–Crippen LogP) is 0.317. The molecule has 0 saturated heterocycles. The molecular weight excluding hydrogens is 234 g/mol. The van der Waals surface area contributed by atoms with Gasteiger partial charge in [-0.15, -0.1) is 10.2 Å². The molecule has 0 spiro atoms. The average Bonchev–Trinajstić information content (AvgIpc) is 2.88. The summed E-state index contributed by atoms with van der Waals surface area (Å²) < 4.78 is 5.48. The minimum Gasteiger partial charge on any atom is -0.492 e. The summed E-state index contributed by atoms with van der Waals surface area (Å²) in [5.41, 5.74) is 1.13. The quantitative estimate of drug-likeness (QED) is 0.742. The van der Waals surface area contributed by atoms with E-state index in [9.17, 15) is 4.79 Å².